The molecule has 0 aliphatic carbocycles. The fourth-order valence-corrected chi connectivity index (χ4v) is 7.43. The van der Waals surface area contributed by atoms with Gasteiger partial charge in [0.05, 0.1) is 49.9 Å². The number of aromatic nitrogens is 4. The van der Waals surface area contributed by atoms with Crippen molar-refractivity contribution in [1.29, 1.82) is 0 Å². The van der Waals surface area contributed by atoms with Crippen LogP contribution in [0.4, 0.5) is 0 Å². The molecule has 5 nitrogen and oxygen atoms in total. The van der Waals surface area contributed by atoms with Crippen LogP contribution in [0.15, 0.2) is 176 Å². The molecule has 0 atom stereocenters. The molecule has 3 heterocycles. The molecule has 10 rings (SSSR count). The first-order valence-electron chi connectivity index (χ1n) is 27.7. The highest BCUT2D eigenvalue weighted by atomic mass is 16.5. The molecule has 59 heavy (non-hydrogen) atoms. The quantitative estimate of drug-likeness (QED) is 0.119. The lowest BCUT2D eigenvalue weighted by Gasteiger charge is -2.22. The van der Waals surface area contributed by atoms with E-state index < -0.39 is 103 Å². The smallest absolute Gasteiger partial charge is 0.269 e. The molecule has 0 fully saturated rings. The second-order valence-electron chi connectivity index (χ2n) is 15.0. The predicted molar refractivity (Wildman–Crippen MR) is 241 cm³/mol. The van der Waals surface area contributed by atoms with Gasteiger partial charge in [-0.3, -0.25) is 13.7 Å². The molecular weight excluding hydrogens is 721 g/mol. The fraction of sp³-hybridized carbons (Fsp3) is 0.111. The van der Waals surface area contributed by atoms with Gasteiger partial charge in [-0.05, 0) is 101 Å². The van der Waals surface area contributed by atoms with Crippen molar-refractivity contribution in [3.63, 3.8) is 0 Å². The number of rotatable bonds is 7. The predicted octanol–water partition coefficient (Wildman–Crippen LogP) is 13.2. The van der Waals surface area contributed by atoms with Crippen LogP contribution in [0.1, 0.15) is 62.1 Å². The number of ether oxygens (including phenoxy) is 1. The lowest BCUT2D eigenvalue weighted by atomic mass is 9.86. The molecule has 0 spiro atoms. The van der Waals surface area contributed by atoms with Gasteiger partial charge in [-0.1, -0.05) is 142 Å². The molecule has 0 aliphatic heterocycles. The zero-order valence-electron chi connectivity index (χ0n) is 50.0. The normalized spacial score (nSPS) is 16.6. The van der Waals surface area contributed by atoms with Gasteiger partial charge in [0.25, 0.3) is 6.33 Å². The molecule has 286 valence electrons. The summed E-state index contributed by atoms with van der Waals surface area (Å²) in [5.74, 6) is 0.366. The average Bonchev–Trinajstić information content (AvgIpc) is 3.97. The Labute approximate surface area is 370 Å². The van der Waals surface area contributed by atoms with E-state index in [1.807, 2.05) is 51.1 Å². The molecule has 5 heteroatoms. The molecule has 0 amide bonds. The molecule has 7 aromatic carbocycles. The van der Waals surface area contributed by atoms with Crippen LogP contribution in [0.3, 0.4) is 0 Å². The van der Waals surface area contributed by atoms with Crippen molar-refractivity contribution in [1.82, 2.24) is 14.1 Å². The second-order valence-corrected chi connectivity index (χ2v) is 15.0. The van der Waals surface area contributed by atoms with E-state index in [1.54, 1.807) is 75.9 Å². The Morgan fingerprint density at radius 2 is 1.34 bits per heavy atom. The van der Waals surface area contributed by atoms with E-state index in [9.17, 15) is 1.37 Å². The largest absolute Gasteiger partial charge is 0.458 e. The van der Waals surface area contributed by atoms with Crippen LogP contribution in [-0.4, -0.2) is 14.1 Å². The van der Waals surface area contributed by atoms with Crippen molar-refractivity contribution in [3.8, 4) is 50.9 Å². The molecule has 0 saturated carbocycles. The highest BCUT2D eigenvalue weighted by molar-refractivity contribution is 6.09. The van der Waals surface area contributed by atoms with E-state index in [1.165, 1.54) is 10.6 Å². The lowest BCUT2D eigenvalue weighted by molar-refractivity contribution is -0.571. The third-order valence-corrected chi connectivity index (χ3v) is 10.2. The summed E-state index contributed by atoms with van der Waals surface area (Å²) in [5.41, 5.74) is 1.01. The topological polar surface area (TPSA) is 35.9 Å². The molecule has 3 aromatic heterocycles. The third kappa shape index (κ3) is 6.45. The molecule has 0 radical (unpaired) electrons. The van der Waals surface area contributed by atoms with Gasteiger partial charge in [0, 0.05) is 31.2 Å². The van der Waals surface area contributed by atoms with Crippen LogP contribution in [-0.2, 0) is 5.41 Å². The van der Waals surface area contributed by atoms with Crippen molar-refractivity contribution in [2.75, 3.05) is 0 Å². The van der Waals surface area contributed by atoms with Gasteiger partial charge in [0.15, 0.2) is 0 Å². The maximum Gasteiger partial charge on any atom is 0.269 e. The molecule has 0 saturated heterocycles. The van der Waals surface area contributed by atoms with Crippen LogP contribution in [0, 0.1) is 20.0 Å². The Morgan fingerprint density at radius 1 is 0.661 bits per heavy atom. The third-order valence-electron chi connectivity index (χ3n) is 10.2. The number of nitrogens with zero attached hydrogens (tertiary/aromatic N) is 4. The molecule has 0 bridgehead atoms. The monoisotopic (exact) mass is 782 g/mol. The van der Waals surface area contributed by atoms with Crippen LogP contribution >= 0.6 is 0 Å². The van der Waals surface area contributed by atoms with Crippen molar-refractivity contribution in [3.05, 3.63) is 199 Å². The standard InChI is InChI=1S/C54H44N4O/c1-36-29-52(55-34-37(36)2)58-48-24-13-12-21-46(48)47-28-27-42(33-51(47)58)59-43-31-40(54(3,4)5)30-41(32-43)56-35-57(50-26-15-14-25-49(50)56)53-44(38-17-8-6-9-18-38)22-16-23-45(53)39-19-10-7-11-20-39/h6-34H,1-5H3/i1D3,2D3,6D,7D,8D,9D,10D,11D,17D,18D,19D,20D,29D,34D. The summed E-state index contributed by atoms with van der Waals surface area (Å²) in [4.78, 5) is 4.28. The van der Waals surface area contributed by atoms with E-state index in [0.29, 0.717) is 50.0 Å². The average molecular weight is 783 g/mol. The van der Waals surface area contributed by atoms with Crippen LogP contribution in [0.2, 0.25) is 0 Å². The molecule has 0 aliphatic rings. The minimum Gasteiger partial charge on any atom is -0.458 e. The zero-order valence-corrected chi connectivity index (χ0v) is 32.0. The molecule has 0 N–H and O–H groups in total. The van der Waals surface area contributed by atoms with E-state index >= 15 is 0 Å². The van der Waals surface area contributed by atoms with Crippen LogP contribution in [0.25, 0.3) is 72.3 Å². The number of imidazole rings is 1. The van der Waals surface area contributed by atoms with Crippen molar-refractivity contribution in [2.45, 2.75) is 39.9 Å². The highest BCUT2D eigenvalue weighted by Crippen LogP contribution is 2.38. The van der Waals surface area contributed by atoms with E-state index in [4.69, 9.17) is 28.0 Å². The first-order valence-corrected chi connectivity index (χ1v) is 18.7. The van der Waals surface area contributed by atoms with Crippen molar-refractivity contribution in [2.24, 2.45) is 0 Å². The Kier molecular flexibility index (Phi) is 5.21. The summed E-state index contributed by atoms with van der Waals surface area (Å²) in [7, 11) is 0. The number of benzene rings is 7. The van der Waals surface area contributed by atoms with Gasteiger partial charge in [0.2, 0.25) is 0 Å². The van der Waals surface area contributed by atoms with Gasteiger partial charge < -0.3 is 4.74 Å². The van der Waals surface area contributed by atoms with E-state index in [2.05, 4.69) is 11.3 Å². The highest BCUT2D eigenvalue weighted by Gasteiger charge is 2.22. The van der Waals surface area contributed by atoms with Crippen molar-refractivity contribution < 1.29 is 34.0 Å². The number of hydrogen-bond acceptors (Lipinski definition) is 2. The Balaban J connectivity index is 1.20. The zero-order chi connectivity index (χ0) is 55.7. The minimum atomic E-state index is -3.08. The fourth-order valence-electron chi connectivity index (χ4n) is 7.43. The van der Waals surface area contributed by atoms with Gasteiger partial charge in [0.1, 0.15) is 17.3 Å². The second kappa shape index (κ2) is 14.3. The summed E-state index contributed by atoms with van der Waals surface area (Å²) in [6.07, 6.45) is 2.63. The van der Waals surface area contributed by atoms with Crippen LogP contribution in [0.5, 0.6) is 11.5 Å². The summed E-state index contributed by atoms with van der Waals surface area (Å²) in [6.45, 7) is -0.0993. The summed E-state index contributed by atoms with van der Waals surface area (Å²) >= 11 is 0. The first kappa shape index (κ1) is 21.5. The lowest BCUT2D eigenvalue weighted by Crippen LogP contribution is -2.31. The van der Waals surface area contributed by atoms with E-state index in [-0.39, 0.29) is 33.8 Å². The maximum atomic E-state index is 9.19. The van der Waals surface area contributed by atoms with Crippen LogP contribution < -0.4 is 9.30 Å². The Hall–Kier alpha value is -7.24. The number of para-hydroxylation sites is 4. The molecule has 0 unspecified atom stereocenters. The summed E-state index contributed by atoms with van der Waals surface area (Å²) < 4.78 is 166. The SMILES string of the molecule is [2H]c1nc(-n2c3ccccc3c3ccc(Oc4cc(-n5[c-][n+](-c6c(-c7c([2H])c([2H])c([2H])c([2H])c7[2H])cccc6-c6c([2H])c([2H])c([2H])c([2H])c6[2H])c6ccccc65)cc(C(C)(C)C)c4)cc32)c([2H])c(C([2H])([2H])[2H])c1C([2H])([2H])[2H]. The summed E-state index contributed by atoms with van der Waals surface area (Å²) in [5, 5.41) is 1.35. The van der Waals surface area contributed by atoms with Gasteiger partial charge >= 0.3 is 0 Å². The van der Waals surface area contributed by atoms with Crippen molar-refractivity contribution >= 4 is 32.8 Å². The van der Waals surface area contributed by atoms with Gasteiger partial charge in [-0.25, -0.2) is 4.98 Å². The molecule has 10 aromatic rings. The van der Waals surface area contributed by atoms with E-state index in [0.717, 1.165) is 5.56 Å². The maximum absolute atomic E-state index is 9.19. The number of hydrogen-bond donors (Lipinski definition) is 0. The Bertz CT molecular complexity index is 3990. The van der Waals surface area contributed by atoms with Gasteiger partial charge in [-0.15, -0.1) is 0 Å². The summed E-state index contributed by atoms with van der Waals surface area (Å²) in [6, 6.07) is 23.2. The Morgan fingerprint density at radius 3 is 2.05 bits per heavy atom. The molecular formula is C54H44N4O. The minimum absolute atomic E-state index is 0.0882. The number of pyridine rings is 1. The van der Waals surface area contributed by atoms with Gasteiger partial charge in [-0.2, -0.15) is 0 Å². The number of fused-ring (bicyclic) bond motifs is 4. The first-order chi connectivity index (χ1) is 36.1.